The molecular formula is C11H22N2O3S. The molecule has 1 aliphatic rings. The van der Waals surface area contributed by atoms with Gasteiger partial charge in [0, 0.05) is 31.8 Å². The summed E-state index contributed by atoms with van der Waals surface area (Å²) in [5, 5.41) is 3.26. The van der Waals surface area contributed by atoms with E-state index in [9.17, 15) is 13.2 Å². The lowest BCUT2D eigenvalue weighted by Crippen LogP contribution is -2.41. The van der Waals surface area contributed by atoms with Crippen molar-refractivity contribution >= 4 is 15.7 Å². The van der Waals surface area contributed by atoms with E-state index in [0.29, 0.717) is 6.42 Å². The standard InChI is InChI=1S/C11H22N2O3S/c1-9(8-17(3,15)16)13(2)11(14)7-10-5-4-6-12-10/h9-10,12H,4-8H2,1-3H3. The Balaban J connectivity index is 2.44. The van der Waals surface area contributed by atoms with Crippen LogP contribution >= 0.6 is 0 Å². The molecule has 0 aromatic heterocycles. The second kappa shape index (κ2) is 5.82. The van der Waals surface area contributed by atoms with Crippen LogP contribution in [0.4, 0.5) is 0 Å². The van der Waals surface area contributed by atoms with Crippen LogP contribution in [-0.2, 0) is 14.6 Å². The van der Waals surface area contributed by atoms with Crippen LogP contribution in [0.3, 0.4) is 0 Å². The largest absolute Gasteiger partial charge is 0.342 e. The zero-order valence-corrected chi connectivity index (χ0v) is 11.6. The highest BCUT2D eigenvalue weighted by molar-refractivity contribution is 7.90. The summed E-state index contributed by atoms with van der Waals surface area (Å²) in [7, 11) is -1.36. The molecule has 1 aliphatic heterocycles. The number of nitrogens with one attached hydrogen (secondary N) is 1. The number of hydrogen-bond donors (Lipinski definition) is 1. The average Bonchev–Trinajstić information content (AvgIpc) is 2.66. The molecule has 1 saturated heterocycles. The van der Waals surface area contributed by atoms with Crippen molar-refractivity contribution in [3.8, 4) is 0 Å². The molecule has 1 amide bonds. The van der Waals surface area contributed by atoms with E-state index in [1.54, 1.807) is 18.9 Å². The third-order valence-electron chi connectivity index (χ3n) is 3.18. The highest BCUT2D eigenvalue weighted by Crippen LogP contribution is 2.11. The molecule has 0 aromatic rings. The molecular weight excluding hydrogens is 240 g/mol. The van der Waals surface area contributed by atoms with Gasteiger partial charge in [-0.3, -0.25) is 4.79 Å². The van der Waals surface area contributed by atoms with Gasteiger partial charge in [-0.25, -0.2) is 8.42 Å². The summed E-state index contributed by atoms with van der Waals surface area (Å²) in [5.74, 6) is 0.0356. The van der Waals surface area contributed by atoms with Gasteiger partial charge in [0.25, 0.3) is 0 Å². The van der Waals surface area contributed by atoms with Crippen LogP contribution in [-0.4, -0.2) is 56.9 Å². The van der Waals surface area contributed by atoms with E-state index in [0.717, 1.165) is 19.4 Å². The van der Waals surface area contributed by atoms with Crippen LogP contribution in [0.25, 0.3) is 0 Å². The average molecular weight is 262 g/mol. The molecule has 6 heteroatoms. The summed E-state index contributed by atoms with van der Waals surface area (Å²) in [5.41, 5.74) is 0. The van der Waals surface area contributed by atoms with Crippen molar-refractivity contribution in [3.05, 3.63) is 0 Å². The Labute approximate surface area is 103 Å². The van der Waals surface area contributed by atoms with Crippen molar-refractivity contribution in [1.29, 1.82) is 0 Å². The van der Waals surface area contributed by atoms with Gasteiger partial charge < -0.3 is 10.2 Å². The van der Waals surface area contributed by atoms with Crippen molar-refractivity contribution in [2.75, 3.05) is 25.6 Å². The topological polar surface area (TPSA) is 66.5 Å². The predicted octanol–water partition coefficient (Wildman–Crippen LogP) is 0.0200. The fourth-order valence-corrected chi connectivity index (χ4v) is 3.18. The first-order chi connectivity index (χ1) is 7.79. The van der Waals surface area contributed by atoms with Crippen LogP contribution in [0.15, 0.2) is 0 Å². The maximum Gasteiger partial charge on any atom is 0.224 e. The van der Waals surface area contributed by atoms with Gasteiger partial charge in [-0.1, -0.05) is 0 Å². The van der Waals surface area contributed by atoms with Gasteiger partial charge in [0.1, 0.15) is 9.84 Å². The number of amides is 1. The van der Waals surface area contributed by atoms with Crippen LogP contribution in [0.2, 0.25) is 0 Å². The highest BCUT2D eigenvalue weighted by Gasteiger charge is 2.23. The molecule has 0 bridgehead atoms. The van der Waals surface area contributed by atoms with Crippen LogP contribution in [0.1, 0.15) is 26.2 Å². The maximum absolute atomic E-state index is 11.9. The van der Waals surface area contributed by atoms with Gasteiger partial charge in [-0.2, -0.15) is 0 Å². The van der Waals surface area contributed by atoms with Crippen LogP contribution in [0.5, 0.6) is 0 Å². The minimum Gasteiger partial charge on any atom is -0.342 e. The van der Waals surface area contributed by atoms with Crippen molar-refractivity contribution < 1.29 is 13.2 Å². The SMILES string of the molecule is CC(CS(C)(=O)=O)N(C)C(=O)CC1CCCN1. The third-order valence-corrected chi connectivity index (χ3v) is 4.27. The molecule has 1 N–H and O–H groups in total. The van der Waals surface area contributed by atoms with E-state index in [1.165, 1.54) is 6.26 Å². The first-order valence-electron chi connectivity index (χ1n) is 5.96. The van der Waals surface area contributed by atoms with Crippen LogP contribution < -0.4 is 5.32 Å². The van der Waals surface area contributed by atoms with Crippen molar-refractivity contribution in [3.63, 3.8) is 0 Å². The minimum absolute atomic E-state index is 0.0144. The zero-order chi connectivity index (χ0) is 13.1. The quantitative estimate of drug-likeness (QED) is 0.758. The second-order valence-corrected chi connectivity index (χ2v) is 7.13. The van der Waals surface area contributed by atoms with Gasteiger partial charge in [0.15, 0.2) is 0 Å². The molecule has 2 atom stereocenters. The Morgan fingerprint density at radius 2 is 2.18 bits per heavy atom. The van der Waals surface area contributed by atoms with Gasteiger partial charge in [-0.05, 0) is 26.3 Å². The van der Waals surface area contributed by atoms with Crippen LogP contribution in [0, 0.1) is 0 Å². The highest BCUT2D eigenvalue weighted by atomic mass is 32.2. The van der Waals surface area contributed by atoms with Crippen molar-refractivity contribution in [1.82, 2.24) is 10.2 Å². The Hall–Kier alpha value is -0.620. The molecule has 0 saturated carbocycles. The van der Waals surface area contributed by atoms with Gasteiger partial charge in [0.2, 0.25) is 5.91 Å². The summed E-state index contributed by atoms with van der Waals surface area (Å²) in [6, 6.07) is -0.00529. The normalized spacial score (nSPS) is 22.4. The monoisotopic (exact) mass is 262 g/mol. The Kier molecular flexibility index (Phi) is 4.94. The number of rotatable bonds is 5. The van der Waals surface area contributed by atoms with Gasteiger partial charge in [0.05, 0.1) is 5.75 Å². The molecule has 0 aliphatic carbocycles. The number of carbonyl (C=O) groups is 1. The van der Waals surface area contributed by atoms with Crippen molar-refractivity contribution in [2.24, 2.45) is 0 Å². The lowest BCUT2D eigenvalue weighted by molar-refractivity contribution is -0.131. The molecule has 100 valence electrons. The van der Waals surface area contributed by atoms with Gasteiger partial charge in [-0.15, -0.1) is 0 Å². The molecule has 1 heterocycles. The molecule has 1 rings (SSSR count). The van der Waals surface area contributed by atoms with Crippen molar-refractivity contribution in [2.45, 2.75) is 38.3 Å². The number of sulfone groups is 1. The third kappa shape index (κ3) is 5.04. The van der Waals surface area contributed by atoms with Gasteiger partial charge >= 0.3 is 0 Å². The smallest absolute Gasteiger partial charge is 0.224 e. The van der Waals surface area contributed by atoms with E-state index in [1.807, 2.05) is 0 Å². The number of hydrogen-bond acceptors (Lipinski definition) is 4. The molecule has 1 fully saturated rings. The Morgan fingerprint density at radius 1 is 1.53 bits per heavy atom. The molecule has 0 radical (unpaired) electrons. The van der Waals surface area contributed by atoms with E-state index >= 15 is 0 Å². The molecule has 0 spiro atoms. The Morgan fingerprint density at radius 3 is 2.65 bits per heavy atom. The molecule has 0 aromatic carbocycles. The van der Waals surface area contributed by atoms with E-state index in [2.05, 4.69) is 5.32 Å². The maximum atomic E-state index is 11.9. The summed E-state index contributed by atoms with van der Waals surface area (Å²) >= 11 is 0. The fraction of sp³-hybridized carbons (Fsp3) is 0.909. The second-order valence-electron chi connectivity index (χ2n) is 4.94. The first-order valence-corrected chi connectivity index (χ1v) is 8.02. The zero-order valence-electron chi connectivity index (χ0n) is 10.8. The lowest BCUT2D eigenvalue weighted by atomic mass is 10.1. The number of carbonyl (C=O) groups excluding carboxylic acids is 1. The molecule has 17 heavy (non-hydrogen) atoms. The summed E-state index contributed by atoms with van der Waals surface area (Å²) in [6.45, 7) is 2.74. The summed E-state index contributed by atoms with van der Waals surface area (Å²) in [6.07, 6.45) is 3.80. The van der Waals surface area contributed by atoms with E-state index < -0.39 is 9.84 Å². The molecule has 5 nitrogen and oxygen atoms in total. The lowest BCUT2D eigenvalue weighted by Gasteiger charge is -2.25. The number of nitrogens with zero attached hydrogens (tertiary/aromatic N) is 1. The van der Waals surface area contributed by atoms with E-state index in [-0.39, 0.29) is 23.7 Å². The minimum atomic E-state index is -3.04. The fourth-order valence-electron chi connectivity index (χ4n) is 2.08. The van der Waals surface area contributed by atoms with E-state index in [4.69, 9.17) is 0 Å². The molecule has 2 unspecified atom stereocenters. The Bertz CT molecular complexity index is 361. The summed E-state index contributed by atoms with van der Waals surface area (Å²) < 4.78 is 22.3. The predicted molar refractivity (Wildman–Crippen MR) is 67.6 cm³/mol. The summed E-state index contributed by atoms with van der Waals surface area (Å²) in [4.78, 5) is 13.5. The first kappa shape index (κ1) is 14.4.